The molecule has 0 aliphatic carbocycles. The molecule has 2 aromatic carbocycles. The first-order valence-electron chi connectivity index (χ1n) is 8.70. The molecule has 0 aromatic heterocycles. The van der Waals surface area contributed by atoms with Crippen LogP contribution in [0.15, 0.2) is 48.5 Å². The maximum Gasteiger partial charge on any atom is 0.162 e. The molecule has 0 amide bonds. The highest BCUT2D eigenvalue weighted by molar-refractivity contribution is 6.11. The second-order valence-electron chi connectivity index (χ2n) is 6.34. The summed E-state index contributed by atoms with van der Waals surface area (Å²) in [4.78, 5) is 26.5. The third kappa shape index (κ3) is 3.64. The molecule has 1 saturated heterocycles. The molecule has 2 aromatic rings. The van der Waals surface area contributed by atoms with Gasteiger partial charge in [0.15, 0.2) is 11.6 Å². The lowest BCUT2D eigenvalue weighted by Crippen LogP contribution is -2.37. The summed E-state index contributed by atoms with van der Waals surface area (Å²) in [7, 11) is 0. The topological polar surface area (TPSA) is 46.6 Å². The van der Waals surface area contributed by atoms with E-state index in [1.54, 1.807) is 6.07 Å². The van der Waals surface area contributed by atoms with Gasteiger partial charge in [-0.3, -0.25) is 9.59 Å². The predicted octanol–water partition coefficient (Wildman–Crippen LogP) is 4.76. The van der Waals surface area contributed by atoms with Crippen molar-refractivity contribution in [2.75, 3.05) is 11.5 Å². The fourth-order valence-electron chi connectivity index (χ4n) is 3.38. The molecule has 1 heterocycles. The van der Waals surface area contributed by atoms with Gasteiger partial charge in [-0.2, -0.15) is 0 Å². The molecule has 0 saturated carbocycles. The molecule has 0 radical (unpaired) electrons. The van der Waals surface area contributed by atoms with E-state index in [1.807, 2.05) is 42.5 Å². The van der Waals surface area contributed by atoms with Gasteiger partial charge in [-0.25, -0.2) is 0 Å². The van der Waals surface area contributed by atoms with Gasteiger partial charge in [-0.1, -0.05) is 30.3 Å². The van der Waals surface area contributed by atoms with Crippen LogP contribution < -0.4 is 4.90 Å². The molecule has 1 aliphatic heterocycles. The average molecular weight is 337 g/mol. The summed E-state index contributed by atoms with van der Waals surface area (Å²) in [6.07, 6.45) is 2.87. The van der Waals surface area contributed by atoms with Crippen LogP contribution in [0.2, 0.25) is 0 Å². The molecule has 1 atom stereocenters. The molecule has 0 spiro atoms. The van der Waals surface area contributed by atoms with Crippen LogP contribution in [0.3, 0.4) is 0 Å². The number of rotatable bonds is 5. The number of anilines is 2. The van der Waals surface area contributed by atoms with E-state index in [4.69, 9.17) is 4.74 Å². The van der Waals surface area contributed by atoms with Crippen molar-refractivity contribution in [1.29, 1.82) is 0 Å². The van der Waals surface area contributed by atoms with E-state index in [9.17, 15) is 9.59 Å². The summed E-state index contributed by atoms with van der Waals surface area (Å²) < 4.78 is 6.01. The van der Waals surface area contributed by atoms with Crippen molar-refractivity contribution >= 4 is 22.9 Å². The molecule has 1 fully saturated rings. The van der Waals surface area contributed by atoms with E-state index in [0.29, 0.717) is 17.7 Å². The van der Waals surface area contributed by atoms with Crippen LogP contribution in [-0.2, 0) is 4.74 Å². The van der Waals surface area contributed by atoms with Crippen molar-refractivity contribution < 1.29 is 14.3 Å². The first kappa shape index (κ1) is 17.4. The predicted molar refractivity (Wildman–Crippen MR) is 98.6 cm³/mol. The summed E-state index contributed by atoms with van der Waals surface area (Å²) in [6.45, 7) is 3.71. The highest BCUT2D eigenvalue weighted by Crippen LogP contribution is 2.35. The van der Waals surface area contributed by atoms with Gasteiger partial charge in [-0.15, -0.1) is 0 Å². The number of carbonyl (C=O) groups excluding carboxylic acids is 2. The van der Waals surface area contributed by atoms with Crippen LogP contribution in [0.1, 0.15) is 53.8 Å². The average Bonchev–Trinajstić information content (AvgIpc) is 2.63. The lowest BCUT2D eigenvalue weighted by Gasteiger charge is -2.37. The number of Topliss-reactive ketones (excluding diaryl/α,β-unsaturated/α-hetero) is 2. The summed E-state index contributed by atoms with van der Waals surface area (Å²) >= 11 is 0. The Hall–Kier alpha value is -2.46. The number of hydrogen-bond acceptors (Lipinski definition) is 4. The van der Waals surface area contributed by atoms with Gasteiger partial charge in [0.2, 0.25) is 0 Å². The Kier molecular flexibility index (Phi) is 5.29. The minimum Gasteiger partial charge on any atom is -0.358 e. The molecular formula is C21H23NO3. The van der Waals surface area contributed by atoms with E-state index in [2.05, 4.69) is 4.90 Å². The fourth-order valence-corrected chi connectivity index (χ4v) is 3.38. The molecule has 0 N–H and O–H groups in total. The second-order valence-corrected chi connectivity index (χ2v) is 6.34. The molecule has 1 unspecified atom stereocenters. The number of benzene rings is 2. The van der Waals surface area contributed by atoms with Crippen molar-refractivity contribution in [2.45, 2.75) is 39.3 Å². The molecule has 25 heavy (non-hydrogen) atoms. The molecule has 1 aliphatic rings. The monoisotopic (exact) mass is 337 g/mol. The number of ether oxygens (including phenoxy) is 1. The van der Waals surface area contributed by atoms with Gasteiger partial charge in [-0.05, 0) is 51.3 Å². The zero-order chi connectivity index (χ0) is 17.8. The van der Waals surface area contributed by atoms with Crippen molar-refractivity contribution in [2.24, 2.45) is 0 Å². The largest absolute Gasteiger partial charge is 0.358 e. The normalized spacial score (nSPS) is 17.1. The Balaban J connectivity index is 2.18. The zero-order valence-electron chi connectivity index (χ0n) is 14.7. The number of carbonyl (C=O) groups is 2. The fraction of sp³-hybridized carbons (Fsp3) is 0.333. The Morgan fingerprint density at radius 1 is 0.960 bits per heavy atom. The number of hydrogen-bond donors (Lipinski definition) is 0. The van der Waals surface area contributed by atoms with Crippen molar-refractivity contribution in [3.8, 4) is 0 Å². The Labute approximate surface area is 148 Å². The number of nitrogens with zero attached hydrogens (tertiary/aromatic N) is 1. The van der Waals surface area contributed by atoms with Crippen LogP contribution >= 0.6 is 0 Å². The summed E-state index contributed by atoms with van der Waals surface area (Å²) in [5.74, 6) is -0.220. The number of para-hydroxylation sites is 1. The summed E-state index contributed by atoms with van der Waals surface area (Å²) in [5.41, 5.74) is 2.62. The van der Waals surface area contributed by atoms with Gasteiger partial charge in [0.25, 0.3) is 0 Å². The van der Waals surface area contributed by atoms with Gasteiger partial charge in [0, 0.05) is 17.9 Å². The van der Waals surface area contributed by atoms with Crippen LogP contribution in [-0.4, -0.2) is 24.4 Å². The van der Waals surface area contributed by atoms with E-state index in [-0.39, 0.29) is 17.8 Å². The molecule has 4 heteroatoms. The summed E-state index contributed by atoms with van der Waals surface area (Å²) in [5, 5.41) is 0. The lowest BCUT2D eigenvalue weighted by molar-refractivity contribution is 0.0207. The molecule has 0 bridgehead atoms. The third-order valence-corrected chi connectivity index (χ3v) is 4.51. The van der Waals surface area contributed by atoms with Crippen molar-refractivity contribution in [3.63, 3.8) is 0 Å². The van der Waals surface area contributed by atoms with Crippen LogP contribution in [0.25, 0.3) is 0 Å². The summed E-state index contributed by atoms with van der Waals surface area (Å²) in [6, 6.07) is 15.3. The van der Waals surface area contributed by atoms with E-state index in [1.165, 1.54) is 13.8 Å². The SMILES string of the molecule is CC(=O)c1cccc(N(c2ccccc2)C2CCCCO2)c1C(C)=O. The van der Waals surface area contributed by atoms with Crippen LogP contribution in [0, 0.1) is 0 Å². The highest BCUT2D eigenvalue weighted by atomic mass is 16.5. The second kappa shape index (κ2) is 7.62. The van der Waals surface area contributed by atoms with E-state index < -0.39 is 0 Å². The molecule has 3 rings (SSSR count). The first-order valence-corrected chi connectivity index (χ1v) is 8.70. The van der Waals surface area contributed by atoms with Crippen molar-refractivity contribution in [3.05, 3.63) is 59.7 Å². The Morgan fingerprint density at radius 3 is 2.32 bits per heavy atom. The van der Waals surface area contributed by atoms with Crippen LogP contribution in [0.4, 0.5) is 11.4 Å². The molecule has 4 nitrogen and oxygen atoms in total. The minimum absolute atomic E-state index is 0.107. The zero-order valence-corrected chi connectivity index (χ0v) is 14.7. The van der Waals surface area contributed by atoms with E-state index >= 15 is 0 Å². The highest BCUT2D eigenvalue weighted by Gasteiger charge is 2.28. The van der Waals surface area contributed by atoms with Crippen LogP contribution in [0.5, 0.6) is 0 Å². The van der Waals surface area contributed by atoms with Gasteiger partial charge >= 0.3 is 0 Å². The third-order valence-electron chi connectivity index (χ3n) is 4.51. The standard InChI is InChI=1S/C21H23NO3/c1-15(23)18-11-8-12-19(21(18)16(2)24)22(17-9-4-3-5-10-17)20-13-6-7-14-25-20/h3-5,8-12,20H,6-7,13-14H2,1-2H3. The van der Waals surface area contributed by atoms with Gasteiger partial charge in [0.05, 0.1) is 11.3 Å². The maximum absolute atomic E-state index is 12.4. The van der Waals surface area contributed by atoms with Crippen molar-refractivity contribution in [1.82, 2.24) is 0 Å². The maximum atomic E-state index is 12.4. The molecular weight excluding hydrogens is 314 g/mol. The smallest absolute Gasteiger partial charge is 0.162 e. The Bertz CT molecular complexity index is 764. The lowest BCUT2D eigenvalue weighted by atomic mass is 9.97. The van der Waals surface area contributed by atoms with E-state index in [0.717, 1.165) is 30.6 Å². The number of ketones is 2. The minimum atomic E-state index is -0.142. The first-order chi connectivity index (χ1) is 12.1. The van der Waals surface area contributed by atoms with Gasteiger partial charge in [0.1, 0.15) is 6.23 Å². The quantitative estimate of drug-likeness (QED) is 0.738. The van der Waals surface area contributed by atoms with Gasteiger partial charge < -0.3 is 9.64 Å². The Morgan fingerprint density at radius 2 is 1.72 bits per heavy atom. The molecule has 130 valence electrons.